The fourth-order valence-electron chi connectivity index (χ4n) is 4.07. The Balaban J connectivity index is 1.37. The molecule has 1 N–H and O–H groups in total. The number of carbonyl (C=O) groups is 1. The van der Waals surface area contributed by atoms with Crippen LogP contribution in [0.3, 0.4) is 0 Å². The molecule has 4 nitrogen and oxygen atoms in total. The van der Waals surface area contributed by atoms with E-state index < -0.39 is 5.91 Å². The van der Waals surface area contributed by atoms with Crippen molar-refractivity contribution in [2.75, 3.05) is 5.32 Å². The predicted molar refractivity (Wildman–Crippen MR) is 141 cm³/mol. The van der Waals surface area contributed by atoms with Gasteiger partial charge in [-0.05, 0) is 51.4 Å². The number of hydrogen-bond acceptors (Lipinski definition) is 3. The molecule has 0 fully saturated rings. The molecule has 168 valence electrons. The van der Waals surface area contributed by atoms with Gasteiger partial charge in [0, 0.05) is 11.3 Å². The number of benzene rings is 5. The number of ether oxygens (including phenoxy) is 1. The average Bonchev–Trinajstić information content (AvgIpc) is 2.91. The summed E-state index contributed by atoms with van der Waals surface area (Å²) in [6.45, 7) is 0.372. The van der Waals surface area contributed by atoms with E-state index in [-0.39, 0.29) is 5.57 Å². The fourth-order valence-corrected chi connectivity index (χ4v) is 4.07. The summed E-state index contributed by atoms with van der Waals surface area (Å²) in [4.78, 5) is 12.9. The predicted octanol–water partition coefficient (Wildman–Crippen LogP) is 7.12. The smallest absolute Gasteiger partial charge is 0.266 e. The van der Waals surface area contributed by atoms with Crippen LogP contribution in [0.1, 0.15) is 11.1 Å². The Bertz CT molecular complexity index is 1610. The molecule has 0 saturated heterocycles. The van der Waals surface area contributed by atoms with Crippen LogP contribution in [0.25, 0.3) is 27.6 Å². The number of fused-ring (bicyclic) bond motifs is 2. The lowest BCUT2D eigenvalue weighted by molar-refractivity contribution is -0.112. The molecule has 1 amide bonds. The standard InChI is InChI=1S/C31H22N2O2/c32-20-27(31(34)33-28-17-16-22-8-1-2-10-24(22)19-28)18-25-11-4-6-15-30(25)35-21-26-13-7-12-23-9-3-5-14-29(23)26/h1-19H,21H2,(H,33,34)/b27-18+. The highest BCUT2D eigenvalue weighted by Gasteiger charge is 2.12. The number of nitrogens with zero attached hydrogens (tertiary/aromatic N) is 1. The molecule has 35 heavy (non-hydrogen) atoms. The van der Waals surface area contributed by atoms with Crippen LogP contribution in [-0.2, 0) is 11.4 Å². The summed E-state index contributed by atoms with van der Waals surface area (Å²) in [6, 6.07) is 37.3. The first-order valence-electron chi connectivity index (χ1n) is 11.3. The summed E-state index contributed by atoms with van der Waals surface area (Å²) in [5, 5.41) is 16.9. The zero-order valence-electron chi connectivity index (χ0n) is 18.9. The highest BCUT2D eigenvalue weighted by atomic mass is 16.5. The van der Waals surface area contributed by atoms with Crippen molar-refractivity contribution in [1.29, 1.82) is 5.26 Å². The number of nitriles is 1. The van der Waals surface area contributed by atoms with Crippen molar-refractivity contribution in [2.45, 2.75) is 6.61 Å². The molecule has 4 heteroatoms. The Kier molecular flexibility index (Phi) is 6.23. The highest BCUT2D eigenvalue weighted by molar-refractivity contribution is 6.10. The van der Waals surface area contributed by atoms with Crippen LogP contribution in [-0.4, -0.2) is 5.91 Å². The zero-order chi connectivity index (χ0) is 24.0. The fraction of sp³-hybridized carbons (Fsp3) is 0.0323. The number of para-hydroxylation sites is 1. The van der Waals surface area contributed by atoms with Crippen molar-refractivity contribution in [3.05, 3.63) is 126 Å². The maximum absolute atomic E-state index is 12.9. The normalized spacial score (nSPS) is 11.2. The number of anilines is 1. The molecule has 0 aliphatic rings. The molecule has 5 aromatic rings. The van der Waals surface area contributed by atoms with E-state index in [9.17, 15) is 10.1 Å². The second-order valence-corrected chi connectivity index (χ2v) is 8.15. The summed E-state index contributed by atoms with van der Waals surface area (Å²) in [6.07, 6.45) is 1.56. The van der Waals surface area contributed by atoms with Crippen molar-refractivity contribution in [3.8, 4) is 11.8 Å². The quantitative estimate of drug-likeness (QED) is 0.219. The minimum Gasteiger partial charge on any atom is -0.488 e. The molecule has 5 rings (SSSR count). The van der Waals surface area contributed by atoms with Crippen molar-refractivity contribution in [1.82, 2.24) is 0 Å². The van der Waals surface area contributed by atoms with Crippen molar-refractivity contribution < 1.29 is 9.53 Å². The second kappa shape index (κ2) is 9.94. The zero-order valence-corrected chi connectivity index (χ0v) is 18.9. The van der Waals surface area contributed by atoms with Gasteiger partial charge >= 0.3 is 0 Å². The third kappa shape index (κ3) is 4.90. The van der Waals surface area contributed by atoms with E-state index in [4.69, 9.17) is 4.74 Å². The molecule has 0 radical (unpaired) electrons. The van der Waals surface area contributed by atoms with E-state index in [0.717, 1.165) is 27.1 Å². The van der Waals surface area contributed by atoms with Crippen LogP contribution in [0.5, 0.6) is 5.75 Å². The molecule has 0 heterocycles. The van der Waals surface area contributed by atoms with Crippen molar-refractivity contribution >= 4 is 39.2 Å². The van der Waals surface area contributed by atoms with Gasteiger partial charge in [-0.3, -0.25) is 4.79 Å². The first-order valence-corrected chi connectivity index (χ1v) is 11.3. The number of hydrogen-bond donors (Lipinski definition) is 1. The van der Waals surface area contributed by atoms with E-state index in [2.05, 4.69) is 23.5 Å². The Labute approximate surface area is 203 Å². The van der Waals surface area contributed by atoms with Gasteiger partial charge in [0.05, 0.1) is 0 Å². The Morgan fingerprint density at radius 1 is 0.800 bits per heavy atom. The van der Waals surface area contributed by atoms with Crippen LogP contribution < -0.4 is 10.1 Å². The third-order valence-electron chi connectivity index (χ3n) is 5.85. The molecule has 0 saturated carbocycles. The first-order chi connectivity index (χ1) is 17.2. The second-order valence-electron chi connectivity index (χ2n) is 8.15. The number of rotatable bonds is 6. The van der Waals surface area contributed by atoms with Gasteiger partial charge in [-0.2, -0.15) is 5.26 Å². The van der Waals surface area contributed by atoms with Crippen LogP contribution in [0, 0.1) is 11.3 Å². The van der Waals surface area contributed by atoms with Gasteiger partial charge in [-0.1, -0.05) is 91.0 Å². The topological polar surface area (TPSA) is 62.1 Å². The van der Waals surface area contributed by atoms with Gasteiger partial charge in [0.25, 0.3) is 5.91 Å². The van der Waals surface area contributed by atoms with E-state index in [1.807, 2.05) is 97.1 Å². The third-order valence-corrected chi connectivity index (χ3v) is 5.85. The van der Waals surface area contributed by atoms with E-state index in [0.29, 0.717) is 23.6 Å². The minimum absolute atomic E-state index is 0.000584. The van der Waals surface area contributed by atoms with Crippen LogP contribution in [0.2, 0.25) is 0 Å². The molecule has 0 aromatic heterocycles. The van der Waals surface area contributed by atoms with Gasteiger partial charge in [0.15, 0.2) is 0 Å². The maximum Gasteiger partial charge on any atom is 0.266 e. The first kappa shape index (κ1) is 21.9. The molecule has 0 atom stereocenters. The lowest BCUT2D eigenvalue weighted by Crippen LogP contribution is -2.13. The van der Waals surface area contributed by atoms with Crippen molar-refractivity contribution in [2.24, 2.45) is 0 Å². The van der Waals surface area contributed by atoms with Crippen LogP contribution >= 0.6 is 0 Å². The lowest BCUT2D eigenvalue weighted by Gasteiger charge is -2.12. The molecule has 0 unspecified atom stereocenters. The van der Waals surface area contributed by atoms with Crippen LogP contribution in [0.4, 0.5) is 5.69 Å². The van der Waals surface area contributed by atoms with Crippen molar-refractivity contribution in [3.63, 3.8) is 0 Å². The summed E-state index contributed by atoms with van der Waals surface area (Å²) >= 11 is 0. The molecule has 0 aliphatic carbocycles. The molecular formula is C31H22N2O2. The SMILES string of the molecule is N#C/C(=C\c1ccccc1OCc1cccc2ccccc12)C(=O)Nc1ccc2ccccc2c1. The Morgan fingerprint density at radius 3 is 2.37 bits per heavy atom. The minimum atomic E-state index is -0.466. The van der Waals surface area contributed by atoms with Crippen LogP contribution in [0.15, 0.2) is 115 Å². The number of amides is 1. The Morgan fingerprint density at radius 2 is 1.51 bits per heavy atom. The van der Waals surface area contributed by atoms with E-state index in [1.165, 1.54) is 0 Å². The molecule has 0 bridgehead atoms. The summed E-state index contributed by atoms with van der Waals surface area (Å²) in [5.74, 6) is 0.137. The van der Waals surface area contributed by atoms with Gasteiger partial charge in [0.2, 0.25) is 0 Å². The van der Waals surface area contributed by atoms with E-state index in [1.54, 1.807) is 6.08 Å². The average molecular weight is 455 g/mol. The highest BCUT2D eigenvalue weighted by Crippen LogP contribution is 2.25. The lowest BCUT2D eigenvalue weighted by atomic mass is 10.1. The van der Waals surface area contributed by atoms with E-state index >= 15 is 0 Å². The summed E-state index contributed by atoms with van der Waals surface area (Å²) in [7, 11) is 0. The Hall–Kier alpha value is -4.88. The molecule has 0 aliphatic heterocycles. The van der Waals surface area contributed by atoms with Gasteiger partial charge in [0.1, 0.15) is 24.0 Å². The monoisotopic (exact) mass is 454 g/mol. The summed E-state index contributed by atoms with van der Waals surface area (Å²) < 4.78 is 6.14. The molecule has 5 aromatic carbocycles. The molecular weight excluding hydrogens is 432 g/mol. The largest absolute Gasteiger partial charge is 0.488 e. The number of nitrogens with one attached hydrogen (secondary N) is 1. The van der Waals surface area contributed by atoms with Gasteiger partial charge < -0.3 is 10.1 Å². The summed E-state index contributed by atoms with van der Waals surface area (Å²) in [5.41, 5.74) is 2.36. The molecule has 0 spiro atoms. The van der Waals surface area contributed by atoms with Gasteiger partial charge in [-0.25, -0.2) is 0 Å². The maximum atomic E-state index is 12.9. The van der Waals surface area contributed by atoms with Gasteiger partial charge in [-0.15, -0.1) is 0 Å². The number of carbonyl (C=O) groups excluding carboxylic acids is 1.